The molecule has 18 heteroatoms. The molecule has 1 unspecified atom stereocenters. The number of aliphatic carboxylic acids is 4. The van der Waals surface area contributed by atoms with Crippen LogP contribution in [0.5, 0.6) is 0 Å². The average Bonchev–Trinajstić information content (AvgIpc) is 3.01. The smallest absolute Gasteiger partial charge is 0.326 e. The van der Waals surface area contributed by atoms with Gasteiger partial charge in [0.05, 0.1) is 0 Å². The van der Waals surface area contributed by atoms with E-state index in [2.05, 4.69) is 26.6 Å². The zero-order chi connectivity index (χ0) is 35.5. The molecule has 0 heterocycles. The maximum Gasteiger partial charge on any atom is 0.326 e. The van der Waals surface area contributed by atoms with Gasteiger partial charge in [0.2, 0.25) is 29.5 Å². The number of carboxylic acid groups (broad SMARTS) is 4. The van der Waals surface area contributed by atoms with Crippen LogP contribution in [0.3, 0.4) is 0 Å². The van der Waals surface area contributed by atoms with Crippen molar-refractivity contribution < 1.29 is 63.6 Å². The van der Waals surface area contributed by atoms with Crippen LogP contribution in [0.25, 0.3) is 0 Å². The normalized spacial score (nSPS) is 17.6. The Morgan fingerprint density at radius 3 is 1.64 bits per heavy atom. The highest BCUT2D eigenvalue weighted by Gasteiger charge is 2.31. The summed E-state index contributed by atoms with van der Waals surface area (Å²) in [5, 5.41) is 48.4. The second kappa shape index (κ2) is 21.1. The summed E-state index contributed by atoms with van der Waals surface area (Å²) in [6.45, 7) is 0.382. The van der Waals surface area contributed by atoms with Crippen molar-refractivity contribution in [1.82, 2.24) is 26.6 Å². The summed E-state index contributed by atoms with van der Waals surface area (Å²) >= 11 is 0. The van der Waals surface area contributed by atoms with E-state index in [4.69, 9.17) is 15.3 Å². The molecule has 1 rings (SSSR count). The van der Waals surface area contributed by atoms with Crippen LogP contribution in [0.4, 0.5) is 0 Å². The maximum absolute atomic E-state index is 12.9. The van der Waals surface area contributed by atoms with Crippen LogP contribution >= 0.6 is 0 Å². The first-order chi connectivity index (χ1) is 22.1. The second-order valence-electron chi connectivity index (χ2n) is 11.4. The molecular weight excluding hydrogens is 626 g/mol. The summed E-state index contributed by atoms with van der Waals surface area (Å²) in [5.41, 5.74) is 0. The molecule has 0 aliphatic heterocycles. The third-order valence-electron chi connectivity index (χ3n) is 7.70. The topological polar surface area (TPSA) is 295 Å². The van der Waals surface area contributed by atoms with Gasteiger partial charge in [0, 0.05) is 51.6 Å². The molecule has 264 valence electrons. The van der Waals surface area contributed by atoms with E-state index in [-0.39, 0.29) is 50.4 Å². The largest absolute Gasteiger partial charge is 0.481 e. The quantitative estimate of drug-likeness (QED) is 0.0665. The summed E-state index contributed by atoms with van der Waals surface area (Å²) < 4.78 is 0. The van der Waals surface area contributed by atoms with Crippen LogP contribution in [0, 0.1) is 11.8 Å². The third kappa shape index (κ3) is 16.9. The van der Waals surface area contributed by atoms with Crippen molar-refractivity contribution in [2.24, 2.45) is 11.8 Å². The van der Waals surface area contributed by atoms with Crippen molar-refractivity contribution in [2.45, 2.75) is 102 Å². The predicted octanol–water partition coefficient (Wildman–Crippen LogP) is -1.04. The molecular formula is C29H45N5O13. The van der Waals surface area contributed by atoms with Gasteiger partial charge in [-0.2, -0.15) is 0 Å². The Bertz CT molecular complexity index is 1150. The van der Waals surface area contributed by atoms with Gasteiger partial charge in [0.15, 0.2) is 0 Å². The van der Waals surface area contributed by atoms with Crippen LogP contribution in [0.15, 0.2) is 0 Å². The Hall–Kier alpha value is -4.77. The zero-order valence-electron chi connectivity index (χ0n) is 26.2. The van der Waals surface area contributed by atoms with Crippen molar-refractivity contribution >= 4 is 53.4 Å². The third-order valence-corrected chi connectivity index (χ3v) is 7.70. The highest BCUT2D eigenvalue weighted by molar-refractivity contribution is 5.92. The number of amides is 5. The van der Waals surface area contributed by atoms with Crippen LogP contribution < -0.4 is 26.6 Å². The van der Waals surface area contributed by atoms with E-state index in [1.165, 1.54) is 7.05 Å². The minimum absolute atomic E-state index is 0.0987. The predicted molar refractivity (Wildman–Crippen MR) is 160 cm³/mol. The van der Waals surface area contributed by atoms with Crippen molar-refractivity contribution in [3.05, 3.63) is 0 Å². The van der Waals surface area contributed by atoms with E-state index < -0.39 is 90.8 Å². The average molecular weight is 672 g/mol. The van der Waals surface area contributed by atoms with E-state index in [0.717, 1.165) is 0 Å². The van der Waals surface area contributed by atoms with Crippen LogP contribution in [-0.4, -0.2) is 106 Å². The van der Waals surface area contributed by atoms with Crippen molar-refractivity contribution in [2.75, 3.05) is 13.6 Å². The van der Waals surface area contributed by atoms with Gasteiger partial charge in [-0.15, -0.1) is 0 Å². The number of carbonyl (C=O) groups is 9. The van der Waals surface area contributed by atoms with Gasteiger partial charge >= 0.3 is 23.9 Å². The first-order valence-corrected chi connectivity index (χ1v) is 15.4. The lowest BCUT2D eigenvalue weighted by atomic mass is 9.81. The van der Waals surface area contributed by atoms with E-state index in [1.807, 2.05) is 0 Å². The zero-order valence-corrected chi connectivity index (χ0v) is 26.2. The highest BCUT2D eigenvalue weighted by Crippen LogP contribution is 2.28. The molecule has 0 radical (unpaired) electrons. The molecule has 0 aromatic heterocycles. The van der Waals surface area contributed by atoms with Gasteiger partial charge in [0.1, 0.15) is 18.1 Å². The molecule has 0 aromatic carbocycles. The molecule has 1 saturated carbocycles. The van der Waals surface area contributed by atoms with E-state index >= 15 is 0 Å². The summed E-state index contributed by atoms with van der Waals surface area (Å²) in [6, 6.07) is -4.14. The molecule has 1 aliphatic rings. The fourth-order valence-corrected chi connectivity index (χ4v) is 4.98. The number of carboxylic acids is 4. The number of likely N-dealkylation sites (N-methyl/N-ethyl adjacent to an activating group) is 1. The summed E-state index contributed by atoms with van der Waals surface area (Å²) in [7, 11) is 1.27. The Morgan fingerprint density at radius 1 is 0.596 bits per heavy atom. The number of hydrogen-bond donors (Lipinski definition) is 9. The molecule has 1 fully saturated rings. The molecule has 0 aromatic rings. The van der Waals surface area contributed by atoms with Gasteiger partial charge < -0.3 is 47.0 Å². The van der Waals surface area contributed by atoms with Crippen molar-refractivity contribution in [1.29, 1.82) is 0 Å². The van der Waals surface area contributed by atoms with Gasteiger partial charge in [-0.1, -0.05) is 0 Å². The fraction of sp³-hybridized carbons (Fsp3) is 0.690. The minimum atomic E-state index is -1.43. The standard InChI is InChI=1S/C29H45N5O13/c1-30-27(44)18(10-13-24(39)40)33-28(45)19(11-14-25(41)42)32-22(36)12-9-20(29(46)47)34-26(43)17-7-5-16(6-8-17)15-31-21(35)3-2-4-23(37)38/h16-20H,2-15H2,1H3,(H,30,44)(H,31,35)(H,32,36)(H,33,45)(H,34,43)(H,37,38)(H,39,40)(H,41,42)(H,46,47)/t16-,17-,18-,19-,20?/m0/s1. The summed E-state index contributed by atoms with van der Waals surface area (Å²) in [4.78, 5) is 107. The molecule has 1 aliphatic carbocycles. The maximum atomic E-state index is 12.9. The SMILES string of the molecule is CNC(=O)[C@H](CCC(=O)O)NC(=O)[C@H](CCC(=O)O)NC(=O)CCC(NC(=O)[C@H]1CC[C@H](CNC(=O)CCCC(=O)O)CC1)C(=O)O. The molecule has 18 nitrogen and oxygen atoms in total. The molecule has 0 saturated heterocycles. The molecule has 5 amide bonds. The van der Waals surface area contributed by atoms with Gasteiger partial charge in [-0.3, -0.25) is 38.4 Å². The Labute approximate surface area is 270 Å². The number of nitrogens with one attached hydrogen (secondary N) is 5. The highest BCUT2D eigenvalue weighted by atomic mass is 16.4. The Balaban J connectivity index is 2.66. The lowest BCUT2D eigenvalue weighted by molar-refractivity contribution is -0.143. The van der Waals surface area contributed by atoms with Gasteiger partial charge in [-0.25, -0.2) is 4.79 Å². The van der Waals surface area contributed by atoms with E-state index in [1.54, 1.807) is 0 Å². The summed E-state index contributed by atoms with van der Waals surface area (Å²) in [6.07, 6.45) is -0.0987. The number of hydrogen-bond acceptors (Lipinski definition) is 9. The van der Waals surface area contributed by atoms with Crippen LogP contribution in [0.1, 0.15) is 83.5 Å². The number of carbonyl (C=O) groups excluding carboxylic acids is 5. The molecule has 0 bridgehead atoms. The lowest BCUT2D eigenvalue weighted by Crippen LogP contribution is -2.53. The van der Waals surface area contributed by atoms with Crippen molar-refractivity contribution in [3.8, 4) is 0 Å². The molecule has 47 heavy (non-hydrogen) atoms. The molecule has 3 atom stereocenters. The van der Waals surface area contributed by atoms with E-state index in [0.29, 0.717) is 32.2 Å². The molecule has 0 spiro atoms. The Kier molecular flexibility index (Phi) is 18.1. The van der Waals surface area contributed by atoms with Crippen LogP contribution in [0.2, 0.25) is 0 Å². The fourth-order valence-electron chi connectivity index (χ4n) is 4.98. The molecule has 9 N–H and O–H groups in total. The monoisotopic (exact) mass is 671 g/mol. The van der Waals surface area contributed by atoms with Crippen molar-refractivity contribution in [3.63, 3.8) is 0 Å². The lowest BCUT2D eigenvalue weighted by Gasteiger charge is -2.28. The van der Waals surface area contributed by atoms with Gasteiger partial charge in [-0.05, 0) is 57.3 Å². The first-order valence-electron chi connectivity index (χ1n) is 15.4. The first kappa shape index (κ1) is 40.3. The summed E-state index contributed by atoms with van der Waals surface area (Å²) in [5.74, 6) is -8.44. The van der Waals surface area contributed by atoms with Crippen LogP contribution in [-0.2, 0) is 43.2 Å². The minimum Gasteiger partial charge on any atom is -0.481 e. The number of rotatable bonds is 22. The van der Waals surface area contributed by atoms with Gasteiger partial charge in [0.25, 0.3) is 0 Å². The Morgan fingerprint density at radius 2 is 1.13 bits per heavy atom. The van der Waals surface area contributed by atoms with E-state index in [9.17, 15) is 48.3 Å². The second-order valence-corrected chi connectivity index (χ2v) is 11.4.